The monoisotopic (exact) mass is 386 g/mol. The minimum absolute atomic E-state index is 0.0507. The number of nitrogens with one attached hydrogen (secondary N) is 1. The normalized spacial score (nSPS) is 15.1. The zero-order valence-corrected chi connectivity index (χ0v) is 16.0. The molecule has 0 aromatic heterocycles. The lowest BCUT2D eigenvalue weighted by Crippen LogP contribution is -2.36. The minimum atomic E-state index is -0.761. The van der Waals surface area contributed by atoms with Gasteiger partial charge in [0.25, 0.3) is 11.8 Å². The summed E-state index contributed by atoms with van der Waals surface area (Å²) >= 11 is 6.08. The Morgan fingerprint density at radius 2 is 1.70 bits per heavy atom. The van der Waals surface area contributed by atoms with Crippen molar-refractivity contribution in [3.8, 4) is 5.75 Å². The molecule has 2 amide bonds. The van der Waals surface area contributed by atoms with Crippen molar-refractivity contribution >= 4 is 29.1 Å². The third-order valence-electron chi connectivity index (χ3n) is 4.57. The van der Waals surface area contributed by atoms with Gasteiger partial charge in [-0.3, -0.25) is 9.59 Å². The van der Waals surface area contributed by atoms with Crippen molar-refractivity contribution < 1.29 is 14.3 Å². The molecule has 6 heteroatoms. The molecule has 2 aromatic rings. The fourth-order valence-corrected chi connectivity index (χ4v) is 3.24. The number of anilines is 1. The number of nitrogens with zero attached hydrogens (tertiary/aromatic N) is 1. The molecule has 5 nitrogen and oxygen atoms in total. The van der Waals surface area contributed by atoms with E-state index in [-0.39, 0.29) is 11.8 Å². The lowest BCUT2D eigenvalue weighted by atomic mass is 10.1. The Kier molecular flexibility index (Phi) is 6.35. The molecule has 1 saturated heterocycles. The molecular weight excluding hydrogens is 364 g/mol. The van der Waals surface area contributed by atoms with E-state index in [9.17, 15) is 9.59 Å². The molecule has 1 aliphatic rings. The predicted octanol–water partition coefficient (Wildman–Crippen LogP) is 4.37. The molecule has 1 aliphatic heterocycles. The van der Waals surface area contributed by atoms with E-state index in [1.165, 1.54) is 0 Å². The second-order valence-electron chi connectivity index (χ2n) is 6.58. The van der Waals surface area contributed by atoms with Crippen molar-refractivity contribution in [3.63, 3.8) is 0 Å². The summed E-state index contributed by atoms with van der Waals surface area (Å²) in [6.07, 6.45) is 2.42. The Morgan fingerprint density at radius 1 is 1.04 bits per heavy atom. The Labute approximate surface area is 164 Å². The van der Waals surface area contributed by atoms with Crippen LogP contribution < -0.4 is 10.1 Å². The van der Waals surface area contributed by atoms with Crippen molar-refractivity contribution in [1.29, 1.82) is 0 Å². The van der Waals surface area contributed by atoms with E-state index in [2.05, 4.69) is 5.32 Å². The second kappa shape index (κ2) is 8.91. The van der Waals surface area contributed by atoms with Crippen molar-refractivity contribution in [2.24, 2.45) is 0 Å². The van der Waals surface area contributed by atoms with E-state index in [1.54, 1.807) is 55.5 Å². The van der Waals surface area contributed by atoms with Gasteiger partial charge in [0.2, 0.25) is 0 Å². The van der Waals surface area contributed by atoms with Crippen molar-refractivity contribution in [3.05, 3.63) is 59.1 Å². The van der Waals surface area contributed by atoms with Crippen LogP contribution in [0.4, 0.5) is 5.69 Å². The van der Waals surface area contributed by atoms with E-state index in [1.807, 2.05) is 4.90 Å². The van der Waals surface area contributed by atoms with Crippen molar-refractivity contribution in [2.45, 2.75) is 32.3 Å². The first-order valence-corrected chi connectivity index (χ1v) is 9.54. The third-order valence-corrected chi connectivity index (χ3v) is 4.88. The Hall–Kier alpha value is -2.53. The highest BCUT2D eigenvalue weighted by atomic mass is 35.5. The van der Waals surface area contributed by atoms with Crippen LogP contribution in [0.25, 0.3) is 0 Å². The van der Waals surface area contributed by atoms with Crippen LogP contribution >= 0.6 is 11.6 Å². The number of para-hydroxylation sites is 2. The number of amides is 2. The summed E-state index contributed by atoms with van der Waals surface area (Å²) in [5, 5.41) is 3.26. The number of carbonyl (C=O) groups excluding carboxylic acids is 2. The molecule has 3 rings (SSSR count). The average molecular weight is 387 g/mol. The highest BCUT2D eigenvalue weighted by Gasteiger charge is 2.23. The van der Waals surface area contributed by atoms with Crippen LogP contribution in [-0.2, 0) is 4.79 Å². The standard InChI is InChI=1S/C21H23ClN2O3/c1-15(27-19-12-6-4-10-17(19)22)20(25)23-18-11-5-3-9-16(18)21(26)24-13-7-2-8-14-24/h3-6,9-12,15H,2,7-8,13-14H2,1H3,(H,23,25). The molecule has 0 saturated carbocycles. The zero-order valence-electron chi connectivity index (χ0n) is 15.3. The molecule has 0 radical (unpaired) electrons. The third kappa shape index (κ3) is 4.80. The van der Waals surface area contributed by atoms with E-state index in [0.29, 0.717) is 22.0 Å². The zero-order chi connectivity index (χ0) is 19.2. The summed E-state index contributed by atoms with van der Waals surface area (Å²) in [6.45, 7) is 3.16. The van der Waals surface area contributed by atoms with Crippen LogP contribution in [-0.4, -0.2) is 35.9 Å². The maximum atomic E-state index is 12.8. The van der Waals surface area contributed by atoms with Gasteiger partial charge in [-0.25, -0.2) is 0 Å². The van der Waals surface area contributed by atoms with Crippen LogP contribution in [0.3, 0.4) is 0 Å². The first-order valence-electron chi connectivity index (χ1n) is 9.16. The molecule has 1 unspecified atom stereocenters. The molecule has 27 heavy (non-hydrogen) atoms. The first-order chi connectivity index (χ1) is 13.1. The van der Waals surface area contributed by atoms with Crippen LogP contribution in [0.2, 0.25) is 5.02 Å². The van der Waals surface area contributed by atoms with Crippen molar-refractivity contribution in [2.75, 3.05) is 18.4 Å². The maximum Gasteiger partial charge on any atom is 0.265 e. The summed E-state index contributed by atoms with van der Waals surface area (Å²) in [5.74, 6) is 0.0542. The molecular formula is C21H23ClN2O3. The highest BCUT2D eigenvalue weighted by Crippen LogP contribution is 2.25. The van der Waals surface area contributed by atoms with Gasteiger partial charge in [-0.05, 0) is 50.5 Å². The van der Waals surface area contributed by atoms with E-state index < -0.39 is 6.10 Å². The quantitative estimate of drug-likeness (QED) is 0.829. The summed E-state index contributed by atoms with van der Waals surface area (Å²) < 4.78 is 5.66. The number of piperidine rings is 1. The number of rotatable bonds is 5. The molecule has 0 bridgehead atoms. The lowest BCUT2D eigenvalue weighted by Gasteiger charge is -2.27. The number of halogens is 1. The maximum absolute atomic E-state index is 12.8. The van der Waals surface area contributed by atoms with E-state index >= 15 is 0 Å². The number of likely N-dealkylation sites (tertiary alicyclic amines) is 1. The van der Waals surface area contributed by atoms with Crippen molar-refractivity contribution in [1.82, 2.24) is 4.90 Å². The fraction of sp³-hybridized carbons (Fsp3) is 0.333. The molecule has 1 N–H and O–H groups in total. The Morgan fingerprint density at radius 3 is 2.44 bits per heavy atom. The predicted molar refractivity (Wildman–Crippen MR) is 106 cm³/mol. The Bertz CT molecular complexity index is 819. The lowest BCUT2D eigenvalue weighted by molar-refractivity contribution is -0.122. The summed E-state index contributed by atoms with van der Waals surface area (Å²) in [4.78, 5) is 27.3. The minimum Gasteiger partial charge on any atom is -0.479 e. The van der Waals surface area contributed by atoms with Gasteiger partial charge in [0.05, 0.1) is 16.3 Å². The van der Waals surface area contributed by atoms with E-state index in [0.717, 1.165) is 32.4 Å². The summed E-state index contributed by atoms with van der Waals surface area (Å²) in [5.41, 5.74) is 0.991. The first kappa shape index (κ1) is 19.2. The molecule has 142 valence electrons. The Balaban J connectivity index is 1.70. The summed E-state index contributed by atoms with van der Waals surface area (Å²) in [6, 6.07) is 14.1. The van der Waals surface area contributed by atoms with Gasteiger partial charge < -0.3 is 15.0 Å². The van der Waals surface area contributed by atoms with Gasteiger partial charge in [0, 0.05) is 13.1 Å². The van der Waals surface area contributed by atoms with Gasteiger partial charge in [-0.1, -0.05) is 35.9 Å². The van der Waals surface area contributed by atoms with Gasteiger partial charge in [0.15, 0.2) is 6.10 Å². The van der Waals surface area contributed by atoms with E-state index in [4.69, 9.17) is 16.3 Å². The second-order valence-corrected chi connectivity index (χ2v) is 6.99. The van der Waals surface area contributed by atoms with Crippen LogP contribution in [0.5, 0.6) is 5.75 Å². The molecule has 2 aromatic carbocycles. The van der Waals surface area contributed by atoms with Crippen LogP contribution in [0.1, 0.15) is 36.5 Å². The highest BCUT2D eigenvalue weighted by molar-refractivity contribution is 6.32. The number of hydrogen-bond donors (Lipinski definition) is 1. The topological polar surface area (TPSA) is 58.6 Å². The number of ether oxygens (including phenoxy) is 1. The van der Waals surface area contributed by atoms with Gasteiger partial charge in [-0.2, -0.15) is 0 Å². The number of benzene rings is 2. The largest absolute Gasteiger partial charge is 0.479 e. The van der Waals surface area contributed by atoms with Gasteiger partial charge in [-0.15, -0.1) is 0 Å². The molecule has 1 fully saturated rings. The molecule has 0 aliphatic carbocycles. The number of carbonyl (C=O) groups is 2. The average Bonchev–Trinajstić information content (AvgIpc) is 2.70. The molecule has 1 atom stereocenters. The number of hydrogen-bond acceptors (Lipinski definition) is 3. The molecule has 1 heterocycles. The van der Waals surface area contributed by atoms with Crippen LogP contribution in [0.15, 0.2) is 48.5 Å². The fourth-order valence-electron chi connectivity index (χ4n) is 3.06. The van der Waals surface area contributed by atoms with Gasteiger partial charge in [0.1, 0.15) is 5.75 Å². The smallest absolute Gasteiger partial charge is 0.265 e. The summed E-state index contributed by atoms with van der Waals surface area (Å²) in [7, 11) is 0. The SMILES string of the molecule is CC(Oc1ccccc1Cl)C(=O)Nc1ccccc1C(=O)N1CCCCC1. The van der Waals surface area contributed by atoms with Crippen LogP contribution in [0, 0.1) is 0 Å². The molecule has 0 spiro atoms. The van der Waals surface area contributed by atoms with Gasteiger partial charge >= 0.3 is 0 Å².